The molecule has 1 aliphatic carbocycles. The molecule has 2 atom stereocenters. The normalized spacial score (nSPS) is 18.3. The lowest BCUT2D eigenvalue weighted by atomic mass is 10.1. The van der Waals surface area contributed by atoms with Crippen molar-refractivity contribution in [1.82, 2.24) is 39.4 Å². The number of ether oxygens (including phenoxy) is 1. The van der Waals surface area contributed by atoms with E-state index in [0.29, 0.717) is 43.1 Å². The van der Waals surface area contributed by atoms with Crippen LogP contribution >= 0.6 is 0 Å². The molecule has 0 N–H and O–H groups in total. The van der Waals surface area contributed by atoms with E-state index in [0.717, 1.165) is 5.56 Å². The molecule has 6 heterocycles. The first-order chi connectivity index (χ1) is 22.7. The molecule has 8 rings (SSSR count). The number of fused-ring (bicyclic) bond motifs is 10. The maximum atomic E-state index is 16.2. The molecule has 1 aromatic carbocycles. The molecule has 2 aliphatic heterocycles. The Morgan fingerprint density at radius 2 is 1.96 bits per heavy atom. The second kappa shape index (κ2) is 10.8. The zero-order valence-corrected chi connectivity index (χ0v) is 25.6. The largest absolute Gasteiger partial charge is 0.487 e. The third-order valence-electron chi connectivity index (χ3n) is 8.89. The van der Waals surface area contributed by atoms with Crippen molar-refractivity contribution in [1.29, 1.82) is 0 Å². The van der Waals surface area contributed by atoms with Gasteiger partial charge in [-0.05, 0) is 54.3 Å². The minimum absolute atomic E-state index is 0.0525. The highest BCUT2D eigenvalue weighted by atomic mass is 19.1. The van der Waals surface area contributed by atoms with E-state index in [4.69, 9.17) is 9.72 Å². The summed E-state index contributed by atoms with van der Waals surface area (Å²) in [4.78, 5) is 44.3. The lowest BCUT2D eigenvalue weighted by molar-refractivity contribution is -0.126. The van der Waals surface area contributed by atoms with Gasteiger partial charge in [-0.1, -0.05) is 25.6 Å². The Morgan fingerprint density at radius 3 is 2.77 bits per heavy atom. The summed E-state index contributed by atoms with van der Waals surface area (Å²) in [6.07, 6.45) is 5.40. The van der Waals surface area contributed by atoms with Crippen LogP contribution < -0.4 is 15.3 Å². The molecule has 8 bridgehead atoms. The summed E-state index contributed by atoms with van der Waals surface area (Å²) < 4.78 is 40.4. The number of carbonyl (C=O) groups is 1. The fourth-order valence-corrected chi connectivity index (χ4v) is 6.59. The van der Waals surface area contributed by atoms with Gasteiger partial charge in [0.1, 0.15) is 41.2 Å². The van der Waals surface area contributed by atoms with E-state index in [1.807, 2.05) is 24.8 Å². The van der Waals surface area contributed by atoms with Crippen molar-refractivity contribution in [2.45, 2.75) is 51.4 Å². The number of nitrogens with zero attached hydrogens (tertiary/aromatic N) is 9. The van der Waals surface area contributed by atoms with Gasteiger partial charge in [-0.15, -0.1) is 5.10 Å². The highest BCUT2D eigenvalue weighted by Crippen LogP contribution is 2.41. The summed E-state index contributed by atoms with van der Waals surface area (Å²) in [7, 11) is 0. The summed E-state index contributed by atoms with van der Waals surface area (Å²) in [5, 5.41) is 8.66. The molecule has 1 saturated carbocycles. The number of aromatic nitrogens is 7. The van der Waals surface area contributed by atoms with Gasteiger partial charge in [0.05, 0.1) is 41.6 Å². The second-order valence-corrected chi connectivity index (χ2v) is 12.3. The average Bonchev–Trinajstić information content (AvgIpc) is 3.74. The van der Waals surface area contributed by atoms with Crippen LogP contribution in [0.1, 0.15) is 43.1 Å². The van der Waals surface area contributed by atoms with Crippen molar-refractivity contribution in [2.75, 3.05) is 18.0 Å². The second-order valence-electron chi connectivity index (χ2n) is 12.3. The molecule has 14 heteroatoms. The maximum Gasteiger partial charge on any atom is 0.355 e. The van der Waals surface area contributed by atoms with Gasteiger partial charge in [-0.3, -0.25) is 9.78 Å². The molecule has 2 fully saturated rings. The summed E-state index contributed by atoms with van der Waals surface area (Å²) in [5.41, 5.74) is 1.30. The predicted molar refractivity (Wildman–Crippen MR) is 167 cm³/mol. The molecule has 0 radical (unpaired) electrons. The van der Waals surface area contributed by atoms with E-state index in [1.54, 1.807) is 22.0 Å². The molecular weight excluding hydrogens is 608 g/mol. The first-order valence-electron chi connectivity index (χ1n) is 15.3. The van der Waals surface area contributed by atoms with E-state index in [1.165, 1.54) is 34.9 Å². The van der Waals surface area contributed by atoms with Gasteiger partial charge in [0.2, 0.25) is 5.91 Å². The first kappa shape index (κ1) is 28.9. The van der Waals surface area contributed by atoms with Crippen LogP contribution in [0.3, 0.4) is 0 Å². The zero-order valence-electron chi connectivity index (χ0n) is 25.6. The fourth-order valence-electron chi connectivity index (χ4n) is 6.59. The minimum atomic E-state index is -0.797. The van der Waals surface area contributed by atoms with Crippen LogP contribution in [0.25, 0.3) is 28.0 Å². The molecule has 1 amide bonds. The predicted octanol–water partition coefficient (Wildman–Crippen LogP) is 3.75. The lowest BCUT2D eigenvalue weighted by Crippen LogP contribution is -2.49. The van der Waals surface area contributed by atoms with Gasteiger partial charge in [-0.25, -0.2) is 27.8 Å². The van der Waals surface area contributed by atoms with Crippen LogP contribution in [-0.2, 0) is 17.9 Å². The topological polar surface area (TPSA) is 124 Å². The standard InChI is InChI=1S/C33H29F2N9O3/c1-4-28(45)42-7-8-43(26-12-25(26)42)31-22-11-24(35)30-21-10-20(5-6-23(21)34)47-16-19-15-41(40-39-19)14-18-9-27(29(17(2)3)36-13-18)44(32(22)37-30)33(46)38-31/h4-6,9-11,13,15,17,25-26H,1,7-8,12,14,16H2,2-3H3. The Labute approximate surface area is 266 Å². The quantitative estimate of drug-likeness (QED) is 0.272. The van der Waals surface area contributed by atoms with Gasteiger partial charge in [0.15, 0.2) is 5.65 Å². The zero-order chi connectivity index (χ0) is 32.6. The van der Waals surface area contributed by atoms with Crippen LogP contribution in [-0.4, -0.2) is 70.5 Å². The SMILES string of the molecule is C=CC(=O)N1CCN(c2nc(=O)n3c4nc(c(F)cc24)-c2cc(ccc2F)OCc2cn(nn2)Cc2cnc(C(C)C)c-3c2)C2CC21. The summed E-state index contributed by atoms with van der Waals surface area (Å²) in [6, 6.07) is 6.89. The van der Waals surface area contributed by atoms with Crippen molar-refractivity contribution >= 4 is 22.8 Å². The van der Waals surface area contributed by atoms with E-state index in [9.17, 15) is 9.59 Å². The Kier molecular flexibility index (Phi) is 6.63. The number of benzene rings is 1. The number of amides is 1. The first-order valence-corrected chi connectivity index (χ1v) is 15.3. The number of hydrogen-bond donors (Lipinski definition) is 0. The number of pyridine rings is 2. The molecular formula is C33H29F2N9O3. The van der Waals surface area contributed by atoms with Crippen LogP contribution in [0.15, 0.2) is 60.2 Å². The van der Waals surface area contributed by atoms with Gasteiger partial charge in [0, 0.05) is 24.8 Å². The highest BCUT2D eigenvalue weighted by Gasteiger charge is 2.51. The molecule has 12 nitrogen and oxygen atoms in total. The summed E-state index contributed by atoms with van der Waals surface area (Å²) in [5.74, 6) is -1.25. The fraction of sp³-hybridized carbons (Fsp3) is 0.303. The highest BCUT2D eigenvalue weighted by molar-refractivity contribution is 5.92. The average molecular weight is 638 g/mol. The van der Waals surface area contributed by atoms with Gasteiger partial charge in [-0.2, -0.15) is 4.98 Å². The monoisotopic (exact) mass is 637 g/mol. The molecule has 238 valence electrons. The van der Waals surface area contributed by atoms with E-state index < -0.39 is 17.3 Å². The van der Waals surface area contributed by atoms with Crippen molar-refractivity contribution in [2.24, 2.45) is 0 Å². The lowest BCUT2D eigenvalue weighted by Gasteiger charge is -2.35. The molecule has 47 heavy (non-hydrogen) atoms. The Balaban J connectivity index is 1.40. The molecule has 3 aliphatic rings. The van der Waals surface area contributed by atoms with Gasteiger partial charge >= 0.3 is 5.69 Å². The molecule has 0 spiro atoms. The Bertz CT molecular complexity index is 2180. The number of anilines is 1. The third-order valence-corrected chi connectivity index (χ3v) is 8.89. The summed E-state index contributed by atoms with van der Waals surface area (Å²) in [6.45, 7) is 8.62. The summed E-state index contributed by atoms with van der Waals surface area (Å²) >= 11 is 0. The smallest absolute Gasteiger partial charge is 0.355 e. The van der Waals surface area contributed by atoms with Crippen molar-refractivity contribution < 1.29 is 18.3 Å². The Hall–Kier alpha value is -5.53. The van der Waals surface area contributed by atoms with Gasteiger partial charge < -0.3 is 14.5 Å². The van der Waals surface area contributed by atoms with Crippen LogP contribution in [0, 0.1) is 11.6 Å². The van der Waals surface area contributed by atoms with E-state index >= 15 is 8.78 Å². The molecule has 4 aromatic heterocycles. The van der Waals surface area contributed by atoms with E-state index in [-0.39, 0.29) is 64.4 Å². The minimum Gasteiger partial charge on any atom is -0.487 e. The number of halogens is 2. The number of hydrogen-bond acceptors (Lipinski definition) is 9. The van der Waals surface area contributed by atoms with Crippen LogP contribution in [0.2, 0.25) is 0 Å². The van der Waals surface area contributed by atoms with Crippen molar-refractivity contribution in [3.8, 4) is 22.7 Å². The maximum absolute atomic E-state index is 16.2. The van der Waals surface area contributed by atoms with Crippen molar-refractivity contribution in [3.63, 3.8) is 0 Å². The molecule has 5 aromatic rings. The Morgan fingerprint density at radius 1 is 1.11 bits per heavy atom. The van der Waals surface area contributed by atoms with Crippen molar-refractivity contribution in [3.05, 3.63) is 94.5 Å². The number of rotatable bonds is 3. The third kappa shape index (κ3) is 4.82. The van der Waals surface area contributed by atoms with Crippen LogP contribution in [0.5, 0.6) is 5.75 Å². The molecule has 2 unspecified atom stereocenters. The van der Waals surface area contributed by atoms with Crippen LogP contribution in [0.4, 0.5) is 14.6 Å². The number of carbonyl (C=O) groups excluding carboxylic acids is 1. The number of piperazine rings is 1. The van der Waals surface area contributed by atoms with Gasteiger partial charge in [0.25, 0.3) is 0 Å². The van der Waals surface area contributed by atoms with E-state index in [2.05, 4.69) is 26.9 Å². The molecule has 1 saturated heterocycles.